The molecule has 1 amide bonds. The average Bonchev–Trinajstić information content (AvgIpc) is 2.69. The number of aryl methyl sites for hydroxylation is 1. The standard InChI is InChI=1S/C23H28F3N3O2/c1-5-22(3,4)27-11-23(31)12-29(13-23)21(30)15-7-8-16(24)19(26)20(15)28-18-9-6-14(2)10-17(18)25/h6-10,27-28,31H,5,11-13H2,1-4H3. The van der Waals surface area contributed by atoms with E-state index in [-0.39, 0.29) is 29.9 Å². The van der Waals surface area contributed by atoms with E-state index in [1.807, 2.05) is 20.8 Å². The molecule has 0 aromatic heterocycles. The Bertz CT molecular complexity index is 988. The Morgan fingerprint density at radius 1 is 1.16 bits per heavy atom. The summed E-state index contributed by atoms with van der Waals surface area (Å²) >= 11 is 0. The second-order valence-corrected chi connectivity index (χ2v) is 8.87. The normalized spacial score (nSPS) is 15.5. The van der Waals surface area contributed by atoms with Crippen LogP contribution in [0.25, 0.3) is 0 Å². The first-order valence-corrected chi connectivity index (χ1v) is 10.2. The van der Waals surface area contributed by atoms with Gasteiger partial charge in [-0.2, -0.15) is 0 Å². The lowest BCUT2D eigenvalue weighted by Gasteiger charge is -2.47. The van der Waals surface area contributed by atoms with Crippen molar-refractivity contribution in [3.63, 3.8) is 0 Å². The van der Waals surface area contributed by atoms with Crippen LogP contribution in [0, 0.1) is 24.4 Å². The summed E-state index contributed by atoms with van der Waals surface area (Å²) < 4.78 is 42.7. The number of anilines is 2. The van der Waals surface area contributed by atoms with Crippen LogP contribution in [0.15, 0.2) is 30.3 Å². The van der Waals surface area contributed by atoms with Crippen molar-refractivity contribution in [2.75, 3.05) is 25.0 Å². The maximum Gasteiger partial charge on any atom is 0.256 e. The van der Waals surface area contributed by atoms with E-state index in [4.69, 9.17) is 0 Å². The van der Waals surface area contributed by atoms with Crippen molar-refractivity contribution in [2.24, 2.45) is 0 Å². The summed E-state index contributed by atoms with van der Waals surface area (Å²) in [7, 11) is 0. The third-order valence-corrected chi connectivity index (χ3v) is 5.75. The molecule has 0 aliphatic carbocycles. The molecule has 2 aromatic rings. The van der Waals surface area contributed by atoms with Gasteiger partial charge in [0.2, 0.25) is 0 Å². The number of halogens is 3. The number of hydrogen-bond donors (Lipinski definition) is 3. The summed E-state index contributed by atoms with van der Waals surface area (Å²) in [6.07, 6.45) is 0.866. The quantitative estimate of drug-likeness (QED) is 0.612. The minimum Gasteiger partial charge on any atom is -0.385 e. The van der Waals surface area contributed by atoms with Gasteiger partial charge in [0.1, 0.15) is 11.4 Å². The molecule has 31 heavy (non-hydrogen) atoms. The van der Waals surface area contributed by atoms with E-state index < -0.39 is 34.6 Å². The van der Waals surface area contributed by atoms with Crippen molar-refractivity contribution >= 4 is 17.3 Å². The molecule has 1 aliphatic heterocycles. The van der Waals surface area contributed by atoms with Gasteiger partial charge in [-0.25, -0.2) is 13.2 Å². The molecule has 1 heterocycles. The van der Waals surface area contributed by atoms with Gasteiger partial charge in [0.25, 0.3) is 5.91 Å². The van der Waals surface area contributed by atoms with Crippen LogP contribution in [0.5, 0.6) is 0 Å². The van der Waals surface area contributed by atoms with Crippen LogP contribution >= 0.6 is 0 Å². The van der Waals surface area contributed by atoms with Gasteiger partial charge in [-0.15, -0.1) is 0 Å². The Labute approximate surface area is 180 Å². The Balaban J connectivity index is 1.79. The number of hydrogen-bond acceptors (Lipinski definition) is 4. The maximum absolute atomic E-state index is 14.6. The smallest absolute Gasteiger partial charge is 0.256 e. The zero-order valence-electron chi connectivity index (χ0n) is 18.2. The van der Waals surface area contributed by atoms with Crippen LogP contribution in [-0.4, -0.2) is 46.7 Å². The second-order valence-electron chi connectivity index (χ2n) is 8.87. The van der Waals surface area contributed by atoms with Crippen molar-refractivity contribution in [1.29, 1.82) is 0 Å². The van der Waals surface area contributed by atoms with Crippen molar-refractivity contribution in [3.05, 3.63) is 58.9 Å². The first-order valence-electron chi connectivity index (χ1n) is 10.2. The molecular formula is C23H28F3N3O2. The zero-order valence-corrected chi connectivity index (χ0v) is 18.2. The molecular weight excluding hydrogens is 407 g/mol. The largest absolute Gasteiger partial charge is 0.385 e. The summed E-state index contributed by atoms with van der Waals surface area (Å²) in [4.78, 5) is 14.3. The predicted molar refractivity (Wildman–Crippen MR) is 114 cm³/mol. The third-order valence-electron chi connectivity index (χ3n) is 5.75. The number of carbonyl (C=O) groups excluding carboxylic acids is 1. The van der Waals surface area contributed by atoms with Crippen LogP contribution < -0.4 is 10.6 Å². The van der Waals surface area contributed by atoms with Gasteiger partial charge in [0, 0.05) is 12.1 Å². The molecule has 0 radical (unpaired) electrons. The maximum atomic E-state index is 14.6. The fraction of sp³-hybridized carbons (Fsp3) is 0.435. The molecule has 168 valence electrons. The number of aliphatic hydroxyl groups is 1. The first-order chi connectivity index (χ1) is 14.4. The van der Waals surface area contributed by atoms with Crippen LogP contribution in [-0.2, 0) is 0 Å². The lowest BCUT2D eigenvalue weighted by molar-refractivity contribution is -0.0816. The highest BCUT2D eigenvalue weighted by molar-refractivity contribution is 6.01. The zero-order chi connectivity index (χ0) is 23.0. The van der Waals surface area contributed by atoms with Crippen LogP contribution in [0.3, 0.4) is 0 Å². The highest BCUT2D eigenvalue weighted by atomic mass is 19.2. The van der Waals surface area contributed by atoms with E-state index in [0.29, 0.717) is 12.1 Å². The summed E-state index contributed by atoms with van der Waals surface area (Å²) in [6.45, 7) is 8.16. The highest BCUT2D eigenvalue weighted by Crippen LogP contribution is 2.31. The molecule has 1 fully saturated rings. The van der Waals surface area contributed by atoms with Gasteiger partial charge in [0.05, 0.1) is 30.0 Å². The molecule has 5 nitrogen and oxygen atoms in total. The van der Waals surface area contributed by atoms with Gasteiger partial charge in [0.15, 0.2) is 11.6 Å². The van der Waals surface area contributed by atoms with Crippen molar-refractivity contribution in [3.8, 4) is 0 Å². The van der Waals surface area contributed by atoms with Gasteiger partial charge in [-0.3, -0.25) is 4.79 Å². The Kier molecular flexibility index (Phi) is 6.34. The summed E-state index contributed by atoms with van der Waals surface area (Å²) in [5.74, 6) is -3.65. The monoisotopic (exact) mass is 435 g/mol. The number of β-amino-alcohol motifs (C(OH)–C–C–N with tert-alkyl or cyclic N) is 1. The van der Waals surface area contributed by atoms with Gasteiger partial charge in [-0.1, -0.05) is 13.0 Å². The van der Waals surface area contributed by atoms with Gasteiger partial charge >= 0.3 is 0 Å². The first kappa shape index (κ1) is 23.1. The van der Waals surface area contributed by atoms with Crippen LogP contribution in [0.2, 0.25) is 0 Å². The minimum atomic E-state index is -1.27. The number of amides is 1. The van der Waals surface area contributed by atoms with E-state index in [1.54, 1.807) is 13.0 Å². The lowest BCUT2D eigenvalue weighted by atomic mass is 9.91. The van der Waals surface area contributed by atoms with E-state index >= 15 is 0 Å². The molecule has 3 rings (SSSR count). The fourth-order valence-corrected chi connectivity index (χ4v) is 3.33. The number of benzene rings is 2. The van der Waals surface area contributed by atoms with Crippen LogP contribution in [0.1, 0.15) is 43.1 Å². The number of nitrogens with zero attached hydrogens (tertiary/aromatic N) is 1. The van der Waals surface area contributed by atoms with E-state index in [1.165, 1.54) is 17.0 Å². The number of rotatable bonds is 7. The van der Waals surface area contributed by atoms with Crippen molar-refractivity contribution in [2.45, 2.75) is 45.3 Å². The average molecular weight is 435 g/mol. The summed E-state index contributed by atoms with van der Waals surface area (Å²) in [5.41, 5.74) is -1.24. The number of carbonyl (C=O) groups is 1. The number of likely N-dealkylation sites (tertiary alicyclic amines) is 1. The Morgan fingerprint density at radius 3 is 2.45 bits per heavy atom. The molecule has 1 aliphatic rings. The molecule has 1 saturated heterocycles. The highest BCUT2D eigenvalue weighted by Gasteiger charge is 2.44. The predicted octanol–water partition coefficient (Wildman–Crippen LogP) is 4.12. The topological polar surface area (TPSA) is 64.6 Å². The van der Waals surface area contributed by atoms with Gasteiger partial charge in [-0.05, 0) is 57.0 Å². The summed E-state index contributed by atoms with van der Waals surface area (Å²) in [6, 6.07) is 6.28. The molecule has 3 N–H and O–H groups in total. The van der Waals surface area contributed by atoms with E-state index in [2.05, 4.69) is 10.6 Å². The lowest BCUT2D eigenvalue weighted by Crippen LogP contribution is -2.68. The fourth-order valence-electron chi connectivity index (χ4n) is 3.33. The Morgan fingerprint density at radius 2 is 1.84 bits per heavy atom. The molecule has 0 bridgehead atoms. The molecule has 0 atom stereocenters. The summed E-state index contributed by atoms with van der Waals surface area (Å²) in [5, 5.41) is 16.4. The molecule has 0 spiro atoms. The van der Waals surface area contributed by atoms with Crippen molar-refractivity contribution in [1.82, 2.24) is 10.2 Å². The van der Waals surface area contributed by atoms with Crippen LogP contribution in [0.4, 0.5) is 24.5 Å². The molecule has 8 heteroatoms. The van der Waals surface area contributed by atoms with Crippen molar-refractivity contribution < 1.29 is 23.1 Å². The number of nitrogens with one attached hydrogen (secondary N) is 2. The molecule has 2 aromatic carbocycles. The minimum absolute atomic E-state index is 0.0515. The molecule has 0 unspecified atom stereocenters. The second kappa shape index (κ2) is 8.51. The van der Waals surface area contributed by atoms with E-state index in [9.17, 15) is 23.1 Å². The Hall–Kier alpha value is -2.58. The molecule has 0 saturated carbocycles. The van der Waals surface area contributed by atoms with Gasteiger partial charge < -0.3 is 20.6 Å². The van der Waals surface area contributed by atoms with E-state index in [0.717, 1.165) is 18.6 Å². The SMILES string of the molecule is CCC(C)(C)NCC1(O)CN(C(=O)c2ccc(F)c(F)c2Nc2ccc(C)cc2F)C1. The third kappa shape index (κ3) is 5.02.